The minimum Gasteiger partial charge on any atom is -0.336 e. The van der Waals surface area contributed by atoms with Crippen LogP contribution in [0.25, 0.3) is 4.85 Å². The van der Waals surface area contributed by atoms with Crippen LogP contribution in [-0.2, 0) is 4.79 Å². The van der Waals surface area contributed by atoms with Crippen LogP contribution in [0.4, 0.5) is 0 Å². The maximum absolute atomic E-state index is 11.2. The Labute approximate surface area is 73.2 Å². The van der Waals surface area contributed by atoms with Gasteiger partial charge in [-0.25, -0.2) is 6.57 Å². The summed E-state index contributed by atoms with van der Waals surface area (Å²) in [5, 5.41) is 0. The lowest BCUT2D eigenvalue weighted by Crippen LogP contribution is -2.38. The Kier molecular flexibility index (Phi) is 3.09. The van der Waals surface area contributed by atoms with Crippen LogP contribution < -0.4 is 0 Å². The summed E-state index contributed by atoms with van der Waals surface area (Å²) in [5.74, 6) is 0.735. The fourth-order valence-electron chi connectivity index (χ4n) is 1.43. The summed E-state index contributed by atoms with van der Waals surface area (Å²) in [6.45, 7) is 10.5. The van der Waals surface area contributed by atoms with Gasteiger partial charge in [-0.3, -0.25) is 4.79 Å². The first-order valence-electron chi connectivity index (χ1n) is 4.35. The van der Waals surface area contributed by atoms with Crippen molar-refractivity contribution in [2.45, 2.75) is 19.8 Å². The molecule has 0 bridgehead atoms. The van der Waals surface area contributed by atoms with Gasteiger partial charge in [-0.1, -0.05) is 6.92 Å². The molecule has 0 N–H and O–H groups in total. The lowest BCUT2D eigenvalue weighted by molar-refractivity contribution is -0.130. The molecule has 0 aromatic heterocycles. The van der Waals surface area contributed by atoms with Gasteiger partial charge in [0.1, 0.15) is 0 Å². The first-order chi connectivity index (χ1) is 5.74. The molecule has 0 aliphatic carbocycles. The molecule has 0 unspecified atom stereocenters. The average molecular weight is 166 g/mol. The predicted octanol–water partition coefficient (Wildman–Crippen LogP) is 1.16. The van der Waals surface area contributed by atoms with Gasteiger partial charge in [-0.15, -0.1) is 0 Å². The van der Waals surface area contributed by atoms with Crippen LogP contribution in [-0.4, -0.2) is 30.4 Å². The van der Waals surface area contributed by atoms with Gasteiger partial charge < -0.3 is 9.74 Å². The second-order valence-electron chi connectivity index (χ2n) is 3.38. The second kappa shape index (κ2) is 4.10. The number of carbonyl (C=O) groups is 1. The standard InChI is InChI=1S/C9H14N2O/c1-8-3-5-11(6-4-8)9(12)7-10-2/h8H,3-7H2,1H3. The van der Waals surface area contributed by atoms with Gasteiger partial charge >= 0.3 is 5.91 Å². The summed E-state index contributed by atoms with van der Waals surface area (Å²) in [7, 11) is 0. The SMILES string of the molecule is [C-]#[N+]CC(=O)N1CCC(C)CC1. The Hall–Kier alpha value is -1.04. The van der Waals surface area contributed by atoms with Crippen molar-refractivity contribution in [3.05, 3.63) is 11.4 Å². The third-order valence-corrected chi connectivity index (χ3v) is 2.35. The quantitative estimate of drug-likeness (QED) is 0.536. The molecule has 3 nitrogen and oxygen atoms in total. The highest BCUT2D eigenvalue weighted by molar-refractivity contribution is 5.79. The van der Waals surface area contributed by atoms with Crippen molar-refractivity contribution in [3.8, 4) is 0 Å². The van der Waals surface area contributed by atoms with Gasteiger partial charge in [0.2, 0.25) is 0 Å². The summed E-state index contributed by atoms with van der Waals surface area (Å²) in [4.78, 5) is 16.1. The maximum atomic E-state index is 11.2. The van der Waals surface area contributed by atoms with E-state index in [4.69, 9.17) is 6.57 Å². The molecular formula is C9H14N2O. The number of amides is 1. The van der Waals surface area contributed by atoms with Crippen molar-refractivity contribution in [1.29, 1.82) is 0 Å². The van der Waals surface area contributed by atoms with Crippen molar-refractivity contribution in [2.75, 3.05) is 19.6 Å². The van der Waals surface area contributed by atoms with Crippen molar-refractivity contribution in [3.63, 3.8) is 0 Å². The van der Waals surface area contributed by atoms with E-state index in [1.807, 2.05) is 0 Å². The average Bonchev–Trinajstić information content (AvgIpc) is 2.06. The van der Waals surface area contributed by atoms with E-state index in [0.29, 0.717) is 0 Å². The summed E-state index contributed by atoms with van der Waals surface area (Å²) in [6, 6.07) is 0. The largest absolute Gasteiger partial charge is 0.336 e. The minimum absolute atomic E-state index is 0.00287. The Bertz CT molecular complexity index is 199. The number of likely N-dealkylation sites (tertiary alicyclic amines) is 1. The molecular weight excluding hydrogens is 152 g/mol. The number of hydrogen-bond donors (Lipinski definition) is 0. The zero-order valence-electron chi connectivity index (χ0n) is 7.42. The summed E-state index contributed by atoms with van der Waals surface area (Å²) in [5.41, 5.74) is 0. The molecule has 0 radical (unpaired) electrons. The fraction of sp³-hybridized carbons (Fsp3) is 0.778. The molecule has 0 atom stereocenters. The molecule has 1 saturated heterocycles. The summed E-state index contributed by atoms with van der Waals surface area (Å²) >= 11 is 0. The molecule has 1 amide bonds. The molecule has 0 saturated carbocycles. The Balaban J connectivity index is 2.35. The van der Waals surface area contributed by atoms with Crippen molar-refractivity contribution >= 4 is 5.91 Å². The first kappa shape index (κ1) is 9.05. The second-order valence-corrected chi connectivity index (χ2v) is 3.38. The Morgan fingerprint density at radius 2 is 2.17 bits per heavy atom. The predicted molar refractivity (Wildman–Crippen MR) is 46.4 cm³/mol. The number of rotatable bonds is 1. The molecule has 0 spiro atoms. The highest BCUT2D eigenvalue weighted by Crippen LogP contribution is 2.15. The van der Waals surface area contributed by atoms with Gasteiger partial charge in [-0.05, 0) is 18.8 Å². The number of nitrogens with zero attached hydrogens (tertiary/aromatic N) is 2. The van der Waals surface area contributed by atoms with Crippen LogP contribution in [0.1, 0.15) is 19.8 Å². The molecule has 0 aromatic rings. The zero-order chi connectivity index (χ0) is 8.97. The van der Waals surface area contributed by atoms with Gasteiger partial charge in [0.15, 0.2) is 0 Å². The van der Waals surface area contributed by atoms with Crippen LogP contribution in [0.15, 0.2) is 0 Å². The Morgan fingerprint density at radius 3 is 2.67 bits per heavy atom. The monoisotopic (exact) mass is 166 g/mol. The van der Waals surface area contributed by atoms with E-state index in [1.165, 1.54) is 0 Å². The summed E-state index contributed by atoms with van der Waals surface area (Å²) < 4.78 is 0. The molecule has 12 heavy (non-hydrogen) atoms. The molecule has 1 rings (SSSR count). The highest BCUT2D eigenvalue weighted by Gasteiger charge is 2.21. The first-order valence-corrected chi connectivity index (χ1v) is 4.35. The lowest BCUT2D eigenvalue weighted by atomic mass is 9.99. The zero-order valence-corrected chi connectivity index (χ0v) is 7.42. The molecule has 0 aromatic carbocycles. The van der Waals surface area contributed by atoms with Crippen LogP contribution in [0.5, 0.6) is 0 Å². The molecule has 1 heterocycles. The third kappa shape index (κ3) is 2.23. The topological polar surface area (TPSA) is 24.7 Å². The van der Waals surface area contributed by atoms with E-state index >= 15 is 0 Å². The highest BCUT2D eigenvalue weighted by atomic mass is 16.2. The van der Waals surface area contributed by atoms with Crippen LogP contribution in [0, 0.1) is 12.5 Å². The van der Waals surface area contributed by atoms with Crippen molar-refractivity contribution in [1.82, 2.24) is 4.90 Å². The number of carbonyl (C=O) groups excluding carboxylic acids is 1. The van der Waals surface area contributed by atoms with Gasteiger partial charge in [0.25, 0.3) is 6.54 Å². The molecule has 1 aliphatic rings. The lowest BCUT2D eigenvalue weighted by Gasteiger charge is -2.28. The maximum Gasteiger partial charge on any atom is 0.302 e. The number of hydrogen-bond acceptors (Lipinski definition) is 1. The van der Waals surface area contributed by atoms with E-state index in [0.717, 1.165) is 31.8 Å². The van der Waals surface area contributed by atoms with Crippen LogP contribution in [0.3, 0.4) is 0 Å². The van der Waals surface area contributed by atoms with Crippen molar-refractivity contribution in [2.24, 2.45) is 5.92 Å². The van der Waals surface area contributed by atoms with Gasteiger partial charge in [0, 0.05) is 13.1 Å². The smallest absolute Gasteiger partial charge is 0.302 e. The molecule has 1 aliphatic heterocycles. The van der Waals surface area contributed by atoms with Crippen LogP contribution in [0.2, 0.25) is 0 Å². The fourth-order valence-corrected chi connectivity index (χ4v) is 1.43. The van der Waals surface area contributed by atoms with Gasteiger partial charge in [-0.2, -0.15) is 0 Å². The minimum atomic E-state index is -0.00287. The molecule has 1 fully saturated rings. The third-order valence-electron chi connectivity index (χ3n) is 2.35. The normalized spacial score (nSPS) is 18.8. The molecule has 3 heteroatoms. The van der Waals surface area contributed by atoms with E-state index in [2.05, 4.69) is 11.8 Å². The molecule has 66 valence electrons. The van der Waals surface area contributed by atoms with E-state index in [9.17, 15) is 4.79 Å². The van der Waals surface area contributed by atoms with Crippen molar-refractivity contribution < 1.29 is 4.79 Å². The van der Waals surface area contributed by atoms with E-state index < -0.39 is 0 Å². The Morgan fingerprint density at radius 1 is 1.58 bits per heavy atom. The van der Waals surface area contributed by atoms with Gasteiger partial charge in [0.05, 0.1) is 0 Å². The van der Waals surface area contributed by atoms with E-state index in [1.54, 1.807) is 4.90 Å². The number of piperidine rings is 1. The summed E-state index contributed by atoms with van der Waals surface area (Å²) in [6.07, 6.45) is 2.17. The van der Waals surface area contributed by atoms with Crippen LogP contribution >= 0.6 is 0 Å². The van der Waals surface area contributed by atoms with E-state index in [-0.39, 0.29) is 12.5 Å².